The van der Waals surface area contributed by atoms with Gasteiger partial charge in [-0.15, -0.1) is 0 Å². The molecule has 18 heavy (non-hydrogen) atoms. The fourth-order valence-electron chi connectivity index (χ4n) is 1.98. The monoisotopic (exact) mass is 243 g/mol. The number of hydrogen-bond acceptors (Lipinski definition) is 2. The van der Waals surface area contributed by atoms with Gasteiger partial charge in [-0.3, -0.25) is 4.79 Å². The van der Waals surface area contributed by atoms with E-state index in [0.29, 0.717) is 12.1 Å². The van der Waals surface area contributed by atoms with Crippen LogP contribution in [0.2, 0.25) is 0 Å². The van der Waals surface area contributed by atoms with Gasteiger partial charge in [0.25, 0.3) is 5.91 Å². The molecule has 2 aromatic rings. The van der Waals surface area contributed by atoms with Crippen LogP contribution in [0.1, 0.15) is 28.4 Å². The normalized spacial score (nSPS) is 10.4. The van der Waals surface area contributed by atoms with Crippen LogP contribution in [0.5, 0.6) is 0 Å². The minimum atomic E-state index is -0.0278. The Morgan fingerprint density at radius 1 is 1.28 bits per heavy atom. The highest BCUT2D eigenvalue weighted by Crippen LogP contribution is 2.23. The molecule has 94 valence electrons. The van der Waals surface area contributed by atoms with E-state index in [0.717, 1.165) is 16.8 Å². The first kappa shape index (κ1) is 12.4. The SMILES string of the molecule is CCN(C(=O)c1ccoc1)c1cc(C)ccc1C. The van der Waals surface area contributed by atoms with E-state index in [1.807, 2.05) is 32.9 Å². The van der Waals surface area contributed by atoms with Gasteiger partial charge in [0, 0.05) is 12.2 Å². The lowest BCUT2D eigenvalue weighted by molar-refractivity contribution is 0.0987. The molecule has 3 heteroatoms. The number of nitrogens with zero attached hydrogens (tertiary/aromatic N) is 1. The van der Waals surface area contributed by atoms with E-state index < -0.39 is 0 Å². The summed E-state index contributed by atoms with van der Waals surface area (Å²) in [6.07, 6.45) is 3.00. The molecule has 1 aromatic carbocycles. The molecule has 0 bridgehead atoms. The van der Waals surface area contributed by atoms with Gasteiger partial charge in [-0.25, -0.2) is 0 Å². The maximum Gasteiger partial charge on any atom is 0.261 e. The molecule has 0 fully saturated rings. The standard InChI is InChI=1S/C15H17NO2/c1-4-16(15(17)13-7-8-18-10-13)14-9-11(2)5-6-12(14)3/h5-10H,4H2,1-3H3. The number of furan rings is 1. The van der Waals surface area contributed by atoms with E-state index in [1.54, 1.807) is 11.0 Å². The van der Waals surface area contributed by atoms with Crippen molar-refractivity contribution in [2.24, 2.45) is 0 Å². The number of anilines is 1. The first-order chi connectivity index (χ1) is 8.63. The van der Waals surface area contributed by atoms with Crippen LogP contribution in [0.4, 0.5) is 5.69 Å². The third kappa shape index (κ3) is 2.30. The average molecular weight is 243 g/mol. The molecule has 0 spiro atoms. The van der Waals surface area contributed by atoms with Crippen LogP contribution in [-0.2, 0) is 0 Å². The van der Waals surface area contributed by atoms with Crippen LogP contribution in [0, 0.1) is 13.8 Å². The van der Waals surface area contributed by atoms with Crippen LogP contribution in [0.3, 0.4) is 0 Å². The predicted octanol–water partition coefficient (Wildman–Crippen LogP) is 3.56. The second-order valence-electron chi connectivity index (χ2n) is 4.35. The summed E-state index contributed by atoms with van der Waals surface area (Å²) in [7, 11) is 0. The Morgan fingerprint density at radius 2 is 2.06 bits per heavy atom. The minimum Gasteiger partial charge on any atom is -0.472 e. The lowest BCUT2D eigenvalue weighted by Gasteiger charge is -2.22. The molecular formula is C15H17NO2. The van der Waals surface area contributed by atoms with Gasteiger partial charge in [0.1, 0.15) is 6.26 Å². The lowest BCUT2D eigenvalue weighted by atomic mass is 10.1. The van der Waals surface area contributed by atoms with Gasteiger partial charge >= 0.3 is 0 Å². The Kier molecular flexibility index (Phi) is 3.51. The van der Waals surface area contributed by atoms with Crippen LogP contribution < -0.4 is 4.90 Å². The van der Waals surface area contributed by atoms with Crippen LogP contribution in [0.25, 0.3) is 0 Å². The number of amides is 1. The van der Waals surface area contributed by atoms with Gasteiger partial charge in [0.05, 0.1) is 11.8 Å². The second-order valence-corrected chi connectivity index (χ2v) is 4.35. The van der Waals surface area contributed by atoms with Crippen LogP contribution in [0.15, 0.2) is 41.2 Å². The van der Waals surface area contributed by atoms with Crippen LogP contribution >= 0.6 is 0 Å². The van der Waals surface area contributed by atoms with Gasteiger partial charge in [0.2, 0.25) is 0 Å². The number of rotatable bonds is 3. The number of benzene rings is 1. The molecule has 1 amide bonds. The van der Waals surface area contributed by atoms with Crippen molar-refractivity contribution in [2.45, 2.75) is 20.8 Å². The molecule has 0 radical (unpaired) electrons. The summed E-state index contributed by atoms with van der Waals surface area (Å²) < 4.78 is 4.97. The predicted molar refractivity (Wildman–Crippen MR) is 72.0 cm³/mol. The van der Waals surface area contributed by atoms with Crippen molar-refractivity contribution < 1.29 is 9.21 Å². The van der Waals surface area contributed by atoms with E-state index in [4.69, 9.17) is 4.42 Å². The summed E-state index contributed by atoms with van der Waals surface area (Å²) >= 11 is 0. The molecule has 0 atom stereocenters. The maximum absolute atomic E-state index is 12.4. The third-order valence-corrected chi connectivity index (χ3v) is 2.98. The quantitative estimate of drug-likeness (QED) is 0.825. The fraction of sp³-hybridized carbons (Fsp3) is 0.267. The summed E-state index contributed by atoms with van der Waals surface area (Å²) in [4.78, 5) is 14.1. The average Bonchev–Trinajstić information content (AvgIpc) is 2.88. The Morgan fingerprint density at radius 3 is 2.67 bits per heavy atom. The Labute approximate surface area is 107 Å². The lowest BCUT2D eigenvalue weighted by Crippen LogP contribution is -2.31. The van der Waals surface area contributed by atoms with Crippen LogP contribution in [-0.4, -0.2) is 12.5 Å². The smallest absolute Gasteiger partial charge is 0.261 e. The van der Waals surface area contributed by atoms with Gasteiger partial charge in [-0.2, -0.15) is 0 Å². The Balaban J connectivity index is 2.39. The van der Waals surface area contributed by atoms with E-state index in [1.165, 1.54) is 12.5 Å². The Bertz CT molecular complexity index is 544. The maximum atomic E-state index is 12.4. The molecule has 0 N–H and O–H groups in total. The first-order valence-electron chi connectivity index (χ1n) is 6.04. The fourth-order valence-corrected chi connectivity index (χ4v) is 1.98. The van der Waals surface area contributed by atoms with E-state index in [9.17, 15) is 4.79 Å². The van der Waals surface area contributed by atoms with Crippen molar-refractivity contribution in [3.05, 3.63) is 53.5 Å². The molecule has 0 saturated heterocycles. The number of carbonyl (C=O) groups excluding carboxylic acids is 1. The number of aryl methyl sites for hydroxylation is 2. The van der Waals surface area contributed by atoms with E-state index in [2.05, 4.69) is 6.07 Å². The van der Waals surface area contributed by atoms with Crippen molar-refractivity contribution in [1.82, 2.24) is 0 Å². The molecule has 1 aromatic heterocycles. The van der Waals surface area contributed by atoms with Crippen molar-refractivity contribution in [3.63, 3.8) is 0 Å². The molecule has 1 heterocycles. The zero-order chi connectivity index (χ0) is 13.1. The summed E-state index contributed by atoms with van der Waals surface area (Å²) in [6, 6.07) is 7.82. The van der Waals surface area contributed by atoms with Gasteiger partial charge in [0.15, 0.2) is 0 Å². The highest BCUT2D eigenvalue weighted by Gasteiger charge is 2.18. The van der Waals surface area contributed by atoms with Crippen molar-refractivity contribution in [2.75, 3.05) is 11.4 Å². The molecule has 0 aliphatic carbocycles. The number of hydrogen-bond donors (Lipinski definition) is 0. The minimum absolute atomic E-state index is 0.0278. The summed E-state index contributed by atoms with van der Waals surface area (Å²) in [5.41, 5.74) is 3.79. The topological polar surface area (TPSA) is 33.5 Å². The highest BCUT2D eigenvalue weighted by molar-refractivity contribution is 6.06. The molecule has 0 saturated carbocycles. The molecular weight excluding hydrogens is 226 g/mol. The third-order valence-electron chi connectivity index (χ3n) is 2.98. The van der Waals surface area contributed by atoms with Crippen molar-refractivity contribution in [1.29, 1.82) is 0 Å². The van der Waals surface area contributed by atoms with E-state index >= 15 is 0 Å². The van der Waals surface area contributed by atoms with Crippen molar-refractivity contribution in [3.8, 4) is 0 Å². The number of carbonyl (C=O) groups is 1. The zero-order valence-electron chi connectivity index (χ0n) is 10.9. The second kappa shape index (κ2) is 5.08. The summed E-state index contributed by atoms with van der Waals surface area (Å²) in [6.45, 7) is 6.65. The molecule has 0 unspecified atom stereocenters. The molecule has 3 nitrogen and oxygen atoms in total. The summed E-state index contributed by atoms with van der Waals surface area (Å²) in [5, 5.41) is 0. The van der Waals surface area contributed by atoms with Gasteiger partial charge in [-0.1, -0.05) is 12.1 Å². The highest BCUT2D eigenvalue weighted by atomic mass is 16.3. The molecule has 0 aliphatic heterocycles. The Hall–Kier alpha value is -2.03. The van der Waals surface area contributed by atoms with E-state index in [-0.39, 0.29) is 5.91 Å². The van der Waals surface area contributed by atoms with Crippen molar-refractivity contribution >= 4 is 11.6 Å². The molecule has 2 rings (SSSR count). The molecule has 0 aliphatic rings. The van der Waals surface area contributed by atoms with Gasteiger partial charge < -0.3 is 9.32 Å². The zero-order valence-corrected chi connectivity index (χ0v) is 10.9. The van der Waals surface area contributed by atoms with Gasteiger partial charge in [-0.05, 0) is 44.0 Å². The largest absolute Gasteiger partial charge is 0.472 e. The summed E-state index contributed by atoms with van der Waals surface area (Å²) in [5.74, 6) is -0.0278. The first-order valence-corrected chi connectivity index (χ1v) is 6.04.